The fraction of sp³-hybridized carbons (Fsp3) is 0.348. The van der Waals surface area contributed by atoms with E-state index in [4.69, 9.17) is 25.5 Å². The SMILES string of the molecule is NC(=O)N(CCCCCCNCCc1ccc(O)c(O)c1)c1ccccc1.O=C(O)C(=O)O. The van der Waals surface area contributed by atoms with Crippen LogP contribution in [0.15, 0.2) is 48.5 Å². The van der Waals surface area contributed by atoms with Crippen molar-refractivity contribution < 1.29 is 34.8 Å². The van der Waals surface area contributed by atoms with E-state index in [1.165, 1.54) is 6.07 Å². The van der Waals surface area contributed by atoms with Crippen LogP contribution in [0.4, 0.5) is 10.5 Å². The third kappa shape index (κ3) is 11.4. The number of hydrogen-bond acceptors (Lipinski definition) is 6. The molecule has 2 amide bonds. The summed E-state index contributed by atoms with van der Waals surface area (Å²) in [5.74, 6) is -3.81. The number of phenolic OH excluding ortho intramolecular Hbond substituents is 2. The molecular weight excluding hydrogens is 430 g/mol. The maximum absolute atomic E-state index is 11.6. The molecule has 2 aromatic carbocycles. The number of aromatic hydroxyl groups is 2. The number of nitrogens with one attached hydrogen (secondary N) is 1. The van der Waals surface area contributed by atoms with Crippen molar-refractivity contribution in [3.63, 3.8) is 0 Å². The minimum absolute atomic E-state index is 0.0759. The highest BCUT2D eigenvalue weighted by molar-refractivity contribution is 6.27. The molecule has 0 heterocycles. The van der Waals surface area contributed by atoms with Crippen molar-refractivity contribution in [1.29, 1.82) is 0 Å². The van der Waals surface area contributed by atoms with Gasteiger partial charge in [-0.1, -0.05) is 37.1 Å². The molecule has 0 bridgehead atoms. The number of carboxylic acids is 2. The molecule has 180 valence electrons. The molecule has 0 fully saturated rings. The van der Waals surface area contributed by atoms with Crippen LogP contribution in [0.5, 0.6) is 11.5 Å². The molecule has 2 aromatic rings. The Bertz CT molecular complexity index is 879. The first-order valence-electron chi connectivity index (χ1n) is 10.5. The van der Waals surface area contributed by atoms with Gasteiger partial charge in [0.05, 0.1) is 0 Å². The van der Waals surface area contributed by atoms with Gasteiger partial charge in [-0.3, -0.25) is 4.90 Å². The van der Waals surface area contributed by atoms with Crippen molar-refractivity contribution in [3.05, 3.63) is 54.1 Å². The Morgan fingerprint density at radius 3 is 2.03 bits per heavy atom. The van der Waals surface area contributed by atoms with E-state index in [0.717, 1.165) is 56.4 Å². The van der Waals surface area contributed by atoms with E-state index in [9.17, 15) is 15.0 Å². The number of para-hydroxylation sites is 1. The van der Waals surface area contributed by atoms with Gasteiger partial charge in [-0.25, -0.2) is 14.4 Å². The van der Waals surface area contributed by atoms with Crippen LogP contribution in [0, 0.1) is 0 Å². The summed E-state index contributed by atoms with van der Waals surface area (Å²) in [7, 11) is 0. The first-order chi connectivity index (χ1) is 15.7. The molecular formula is C23H31N3O7. The van der Waals surface area contributed by atoms with Gasteiger partial charge in [0.1, 0.15) is 0 Å². The summed E-state index contributed by atoms with van der Waals surface area (Å²) in [4.78, 5) is 31.4. The van der Waals surface area contributed by atoms with Crippen LogP contribution >= 0.6 is 0 Å². The largest absolute Gasteiger partial charge is 0.504 e. The van der Waals surface area contributed by atoms with E-state index in [1.807, 2.05) is 36.4 Å². The number of hydrogen-bond donors (Lipinski definition) is 6. The smallest absolute Gasteiger partial charge is 0.414 e. The number of urea groups is 1. The summed E-state index contributed by atoms with van der Waals surface area (Å²) in [6, 6.07) is 14.0. The van der Waals surface area contributed by atoms with Gasteiger partial charge in [-0.15, -0.1) is 0 Å². The van der Waals surface area contributed by atoms with Crippen LogP contribution in [-0.2, 0) is 16.0 Å². The lowest BCUT2D eigenvalue weighted by atomic mass is 10.1. The second-order valence-corrected chi connectivity index (χ2v) is 7.17. The Morgan fingerprint density at radius 1 is 0.818 bits per heavy atom. The van der Waals surface area contributed by atoms with Gasteiger partial charge in [0, 0.05) is 12.2 Å². The zero-order chi connectivity index (χ0) is 24.6. The molecule has 0 radical (unpaired) electrons. The lowest BCUT2D eigenvalue weighted by molar-refractivity contribution is -0.159. The number of carbonyl (C=O) groups is 3. The highest BCUT2D eigenvalue weighted by Gasteiger charge is 2.10. The summed E-state index contributed by atoms with van der Waals surface area (Å²) in [6.45, 7) is 2.40. The van der Waals surface area contributed by atoms with Gasteiger partial charge in [-0.05, 0) is 62.2 Å². The lowest BCUT2D eigenvalue weighted by Crippen LogP contribution is -2.36. The number of phenols is 2. The molecule has 10 nitrogen and oxygen atoms in total. The fourth-order valence-electron chi connectivity index (χ4n) is 2.93. The number of primary amides is 1. The van der Waals surface area contributed by atoms with Crippen molar-refractivity contribution in [1.82, 2.24) is 5.32 Å². The highest BCUT2D eigenvalue weighted by Crippen LogP contribution is 2.24. The third-order valence-electron chi connectivity index (χ3n) is 4.63. The number of nitrogens with two attached hydrogens (primary N) is 1. The molecule has 0 saturated heterocycles. The number of rotatable bonds is 11. The Kier molecular flexibility index (Phi) is 12.5. The topological polar surface area (TPSA) is 173 Å². The first-order valence-corrected chi connectivity index (χ1v) is 10.5. The van der Waals surface area contributed by atoms with Crippen molar-refractivity contribution in [2.24, 2.45) is 5.73 Å². The van der Waals surface area contributed by atoms with E-state index in [2.05, 4.69) is 5.32 Å². The Labute approximate surface area is 192 Å². The number of anilines is 1. The Balaban J connectivity index is 0.000000801. The summed E-state index contributed by atoms with van der Waals surface area (Å²) < 4.78 is 0. The molecule has 0 aliphatic rings. The highest BCUT2D eigenvalue weighted by atomic mass is 16.4. The van der Waals surface area contributed by atoms with Crippen molar-refractivity contribution in [2.75, 3.05) is 24.5 Å². The number of unbranched alkanes of at least 4 members (excludes halogenated alkanes) is 3. The second-order valence-electron chi connectivity index (χ2n) is 7.17. The van der Waals surface area contributed by atoms with Gasteiger partial charge in [0.2, 0.25) is 0 Å². The molecule has 0 saturated carbocycles. The zero-order valence-corrected chi connectivity index (χ0v) is 18.3. The van der Waals surface area contributed by atoms with Crippen LogP contribution < -0.4 is 16.0 Å². The Hall–Kier alpha value is -3.79. The van der Waals surface area contributed by atoms with Crippen LogP contribution in [0.3, 0.4) is 0 Å². The fourth-order valence-corrected chi connectivity index (χ4v) is 2.93. The molecule has 0 spiro atoms. The van der Waals surface area contributed by atoms with Crippen molar-refractivity contribution in [2.45, 2.75) is 32.1 Å². The van der Waals surface area contributed by atoms with Gasteiger partial charge < -0.3 is 31.5 Å². The third-order valence-corrected chi connectivity index (χ3v) is 4.63. The number of carbonyl (C=O) groups excluding carboxylic acids is 1. The minimum atomic E-state index is -1.82. The summed E-state index contributed by atoms with van der Waals surface area (Å²) in [5, 5.41) is 36.9. The quantitative estimate of drug-likeness (QED) is 0.168. The molecule has 2 rings (SSSR count). The zero-order valence-electron chi connectivity index (χ0n) is 18.3. The molecule has 0 unspecified atom stereocenters. The van der Waals surface area contributed by atoms with Crippen LogP contribution in [-0.4, -0.2) is 58.0 Å². The van der Waals surface area contributed by atoms with Crippen molar-refractivity contribution >= 4 is 23.7 Å². The first kappa shape index (κ1) is 27.2. The van der Waals surface area contributed by atoms with E-state index in [0.29, 0.717) is 6.54 Å². The second kappa shape index (κ2) is 15.1. The summed E-state index contributed by atoms with van der Waals surface area (Å²) in [5.41, 5.74) is 7.31. The average molecular weight is 462 g/mol. The maximum Gasteiger partial charge on any atom is 0.414 e. The monoisotopic (exact) mass is 461 g/mol. The molecule has 0 atom stereocenters. The van der Waals surface area contributed by atoms with E-state index in [1.54, 1.807) is 11.0 Å². The normalized spacial score (nSPS) is 10.1. The van der Waals surface area contributed by atoms with E-state index < -0.39 is 18.0 Å². The number of aliphatic carboxylic acids is 2. The number of amides is 2. The van der Waals surface area contributed by atoms with Gasteiger partial charge in [0.25, 0.3) is 0 Å². The minimum Gasteiger partial charge on any atom is -0.504 e. The summed E-state index contributed by atoms with van der Waals surface area (Å²) in [6.07, 6.45) is 4.93. The van der Waals surface area contributed by atoms with E-state index in [-0.39, 0.29) is 11.5 Å². The van der Waals surface area contributed by atoms with Crippen molar-refractivity contribution in [3.8, 4) is 11.5 Å². The molecule has 33 heavy (non-hydrogen) atoms. The van der Waals surface area contributed by atoms with Gasteiger partial charge >= 0.3 is 18.0 Å². The Morgan fingerprint density at radius 2 is 1.45 bits per heavy atom. The molecule has 10 heteroatoms. The average Bonchev–Trinajstić information content (AvgIpc) is 2.78. The molecule has 0 aromatic heterocycles. The van der Waals surface area contributed by atoms with Crippen LogP contribution in [0.25, 0.3) is 0 Å². The van der Waals surface area contributed by atoms with Crippen LogP contribution in [0.1, 0.15) is 31.2 Å². The van der Waals surface area contributed by atoms with Gasteiger partial charge in [0.15, 0.2) is 11.5 Å². The number of carboxylic acid groups (broad SMARTS) is 2. The predicted molar refractivity (Wildman–Crippen MR) is 123 cm³/mol. The molecule has 0 aliphatic heterocycles. The summed E-state index contributed by atoms with van der Waals surface area (Å²) >= 11 is 0. The van der Waals surface area contributed by atoms with Crippen LogP contribution in [0.2, 0.25) is 0 Å². The number of benzene rings is 2. The predicted octanol–water partition coefficient (Wildman–Crippen LogP) is 2.53. The molecule has 7 N–H and O–H groups in total. The van der Waals surface area contributed by atoms with Gasteiger partial charge in [-0.2, -0.15) is 0 Å². The maximum atomic E-state index is 11.6. The lowest BCUT2D eigenvalue weighted by Gasteiger charge is -2.20. The molecule has 0 aliphatic carbocycles. The van der Waals surface area contributed by atoms with E-state index >= 15 is 0 Å². The standard InChI is InChI=1S/C21H29N3O3.C2H2O4/c22-21(27)24(18-8-4-3-5-9-18)15-7-2-1-6-13-23-14-12-17-10-11-19(25)20(26)16-17;3-1(4)2(5)6/h3-5,8-11,16,23,25-26H,1-2,6-7,12-15H2,(H2,22,27);(H,3,4)(H,5,6). The number of nitrogens with zero attached hydrogens (tertiary/aromatic N) is 1.